The third kappa shape index (κ3) is 4.03. The van der Waals surface area contributed by atoms with Crippen molar-refractivity contribution in [2.24, 2.45) is 5.92 Å². The third-order valence-corrected chi connectivity index (χ3v) is 4.56. The van der Waals surface area contributed by atoms with Crippen LogP contribution in [0.2, 0.25) is 0 Å². The number of nitrogens with zero attached hydrogens (tertiary/aromatic N) is 1. The molecule has 0 atom stereocenters. The quantitative estimate of drug-likeness (QED) is 0.832. The van der Waals surface area contributed by atoms with E-state index in [0.717, 1.165) is 0 Å². The summed E-state index contributed by atoms with van der Waals surface area (Å²) in [6.07, 6.45) is 1.06. The van der Waals surface area contributed by atoms with Crippen molar-refractivity contribution in [2.75, 3.05) is 6.54 Å². The minimum Gasteiger partial charge on any atom is -0.393 e. The van der Waals surface area contributed by atoms with E-state index in [4.69, 9.17) is 10.4 Å². The van der Waals surface area contributed by atoms with Gasteiger partial charge in [0.15, 0.2) is 0 Å². The predicted octanol–water partition coefficient (Wildman–Crippen LogP) is 0.749. The number of benzene rings is 1. The first-order valence-corrected chi connectivity index (χ1v) is 7.78. The Morgan fingerprint density at radius 1 is 1.32 bits per heavy atom. The summed E-state index contributed by atoms with van der Waals surface area (Å²) in [6, 6.07) is 8.48. The molecule has 1 fully saturated rings. The summed E-state index contributed by atoms with van der Waals surface area (Å²) < 4.78 is 26.2. The molecule has 2 rings (SSSR count). The number of nitrogens with one attached hydrogen (secondary N) is 1. The van der Waals surface area contributed by atoms with Gasteiger partial charge in [-0.3, -0.25) is 0 Å². The molecule has 0 saturated heterocycles. The molecule has 0 aromatic heterocycles. The molecular formula is C13H16N2O3S. The lowest BCUT2D eigenvalue weighted by Gasteiger charge is -2.31. The van der Waals surface area contributed by atoms with Gasteiger partial charge in [-0.2, -0.15) is 5.26 Å². The molecular weight excluding hydrogens is 264 g/mol. The molecule has 102 valence electrons. The molecule has 0 bridgehead atoms. The van der Waals surface area contributed by atoms with Gasteiger partial charge < -0.3 is 5.11 Å². The molecule has 1 aromatic carbocycles. The Labute approximate surface area is 112 Å². The summed E-state index contributed by atoms with van der Waals surface area (Å²) in [5.74, 6) is 0.152. The fraction of sp³-hybridized carbons (Fsp3) is 0.462. The van der Waals surface area contributed by atoms with Crippen LogP contribution >= 0.6 is 0 Å². The van der Waals surface area contributed by atoms with Crippen molar-refractivity contribution in [3.05, 3.63) is 35.4 Å². The first kappa shape index (κ1) is 14.0. The highest BCUT2D eigenvalue weighted by Gasteiger charge is 2.28. The van der Waals surface area contributed by atoms with Gasteiger partial charge in [-0.15, -0.1) is 0 Å². The molecule has 19 heavy (non-hydrogen) atoms. The lowest BCUT2D eigenvalue weighted by atomic mass is 9.83. The molecule has 0 amide bonds. The van der Waals surface area contributed by atoms with Crippen LogP contribution in [0.15, 0.2) is 24.3 Å². The molecule has 0 spiro atoms. The minimum absolute atomic E-state index is 0.0893. The van der Waals surface area contributed by atoms with E-state index in [9.17, 15) is 8.42 Å². The Hall–Kier alpha value is -1.42. The van der Waals surface area contributed by atoms with Crippen LogP contribution in [-0.4, -0.2) is 26.2 Å². The molecule has 0 aliphatic heterocycles. The number of hydrogen-bond acceptors (Lipinski definition) is 4. The first-order valence-electron chi connectivity index (χ1n) is 6.13. The maximum absolute atomic E-state index is 11.8. The molecule has 0 heterocycles. The Kier molecular flexibility index (Phi) is 4.20. The van der Waals surface area contributed by atoms with Crippen molar-refractivity contribution < 1.29 is 13.5 Å². The van der Waals surface area contributed by atoms with Crippen molar-refractivity contribution in [3.8, 4) is 6.07 Å². The highest BCUT2D eigenvalue weighted by molar-refractivity contribution is 7.88. The van der Waals surface area contributed by atoms with E-state index < -0.39 is 10.0 Å². The van der Waals surface area contributed by atoms with Crippen LogP contribution in [0.5, 0.6) is 0 Å². The van der Waals surface area contributed by atoms with Crippen LogP contribution in [-0.2, 0) is 15.8 Å². The molecule has 2 N–H and O–H groups in total. The lowest BCUT2D eigenvalue weighted by Crippen LogP contribution is -2.38. The molecule has 1 aliphatic rings. The number of hydrogen-bond donors (Lipinski definition) is 2. The zero-order valence-electron chi connectivity index (χ0n) is 10.4. The number of aliphatic hydroxyl groups excluding tert-OH is 1. The summed E-state index contributed by atoms with van der Waals surface area (Å²) in [5, 5.41) is 17.8. The predicted molar refractivity (Wildman–Crippen MR) is 70.5 cm³/mol. The smallest absolute Gasteiger partial charge is 0.215 e. The van der Waals surface area contributed by atoms with E-state index in [1.807, 2.05) is 6.07 Å². The zero-order valence-corrected chi connectivity index (χ0v) is 11.2. The number of nitriles is 1. The van der Waals surface area contributed by atoms with Gasteiger partial charge in [-0.25, -0.2) is 13.1 Å². The van der Waals surface area contributed by atoms with Crippen molar-refractivity contribution >= 4 is 10.0 Å². The third-order valence-electron chi connectivity index (χ3n) is 3.24. The fourth-order valence-corrected chi connectivity index (χ4v) is 3.28. The molecule has 0 radical (unpaired) electrons. The van der Waals surface area contributed by atoms with Gasteiger partial charge in [0.05, 0.1) is 23.5 Å². The van der Waals surface area contributed by atoms with Crippen LogP contribution in [0, 0.1) is 17.2 Å². The van der Waals surface area contributed by atoms with Crippen LogP contribution in [0.3, 0.4) is 0 Å². The van der Waals surface area contributed by atoms with Crippen molar-refractivity contribution in [1.29, 1.82) is 5.26 Å². The van der Waals surface area contributed by atoms with Gasteiger partial charge in [0.1, 0.15) is 0 Å². The summed E-state index contributed by atoms with van der Waals surface area (Å²) in [4.78, 5) is 0. The van der Waals surface area contributed by atoms with Gasteiger partial charge in [0.25, 0.3) is 0 Å². The molecule has 6 heteroatoms. The average Bonchev–Trinajstić information content (AvgIpc) is 2.34. The van der Waals surface area contributed by atoms with E-state index in [1.54, 1.807) is 24.3 Å². The standard InChI is InChI=1S/C13H16N2O3S/c14-7-10-1-3-11(4-2-10)9-19(17,18)15-8-12-5-13(16)6-12/h1-4,12-13,15-16H,5-6,8-9H2. The molecule has 1 aliphatic carbocycles. The van der Waals surface area contributed by atoms with Crippen LogP contribution in [0.1, 0.15) is 24.0 Å². The van der Waals surface area contributed by atoms with Crippen LogP contribution < -0.4 is 4.72 Å². The van der Waals surface area contributed by atoms with Gasteiger partial charge in [0.2, 0.25) is 10.0 Å². The SMILES string of the molecule is N#Cc1ccc(CS(=O)(=O)NCC2CC(O)C2)cc1. The highest BCUT2D eigenvalue weighted by Crippen LogP contribution is 2.26. The Bertz CT molecular complexity index is 569. The van der Waals surface area contributed by atoms with Crippen LogP contribution in [0.25, 0.3) is 0 Å². The summed E-state index contributed by atoms with van der Waals surface area (Å²) in [5.41, 5.74) is 1.16. The normalized spacial score (nSPS) is 22.5. The van der Waals surface area contributed by atoms with E-state index in [1.165, 1.54) is 0 Å². The largest absolute Gasteiger partial charge is 0.393 e. The Morgan fingerprint density at radius 2 is 1.95 bits per heavy atom. The van der Waals surface area contributed by atoms with Crippen molar-refractivity contribution in [1.82, 2.24) is 4.72 Å². The highest BCUT2D eigenvalue weighted by atomic mass is 32.2. The number of aliphatic hydroxyl groups is 1. The molecule has 5 nitrogen and oxygen atoms in total. The Morgan fingerprint density at radius 3 is 2.47 bits per heavy atom. The Balaban J connectivity index is 1.87. The van der Waals surface area contributed by atoms with Crippen molar-refractivity contribution in [3.63, 3.8) is 0 Å². The van der Waals surface area contributed by atoms with E-state index in [2.05, 4.69) is 4.72 Å². The summed E-state index contributed by atoms with van der Waals surface area (Å²) in [6.45, 7) is 0.385. The van der Waals surface area contributed by atoms with Gasteiger partial charge >= 0.3 is 0 Å². The second kappa shape index (κ2) is 5.70. The topological polar surface area (TPSA) is 90.2 Å². The average molecular weight is 280 g/mol. The molecule has 0 unspecified atom stereocenters. The van der Waals surface area contributed by atoms with E-state index in [0.29, 0.717) is 30.5 Å². The monoisotopic (exact) mass is 280 g/mol. The van der Waals surface area contributed by atoms with E-state index >= 15 is 0 Å². The summed E-state index contributed by atoms with van der Waals surface area (Å²) in [7, 11) is -3.36. The lowest BCUT2D eigenvalue weighted by molar-refractivity contribution is 0.0453. The summed E-state index contributed by atoms with van der Waals surface area (Å²) >= 11 is 0. The fourth-order valence-electron chi connectivity index (χ4n) is 2.06. The van der Waals surface area contributed by atoms with Gasteiger partial charge in [-0.1, -0.05) is 12.1 Å². The zero-order chi connectivity index (χ0) is 13.9. The van der Waals surface area contributed by atoms with E-state index in [-0.39, 0.29) is 17.8 Å². The first-order chi connectivity index (χ1) is 8.98. The maximum Gasteiger partial charge on any atom is 0.215 e. The van der Waals surface area contributed by atoms with Gasteiger partial charge in [0, 0.05) is 6.54 Å². The van der Waals surface area contributed by atoms with Gasteiger partial charge in [-0.05, 0) is 36.5 Å². The number of rotatable bonds is 5. The second-order valence-corrected chi connectivity index (χ2v) is 6.71. The molecule has 1 saturated carbocycles. The van der Waals surface area contributed by atoms with Crippen molar-refractivity contribution in [2.45, 2.75) is 24.7 Å². The van der Waals surface area contributed by atoms with Crippen LogP contribution in [0.4, 0.5) is 0 Å². The molecule has 1 aromatic rings. The minimum atomic E-state index is -3.36. The number of sulfonamides is 1. The maximum atomic E-state index is 11.8. The second-order valence-electron chi connectivity index (χ2n) is 4.91.